The molecule has 0 aliphatic carbocycles. The molecule has 0 amide bonds. The maximum absolute atomic E-state index is 12.9. The minimum absolute atomic E-state index is 0.00461. The molecule has 1 heterocycles. The third-order valence-corrected chi connectivity index (χ3v) is 5.55. The van der Waals surface area contributed by atoms with E-state index in [4.69, 9.17) is 4.74 Å². The number of benzene rings is 3. The second kappa shape index (κ2) is 6.66. The normalized spacial score (nSPS) is 18.9. The molecule has 3 aromatic carbocycles. The number of hydrogen-bond acceptors (Lipinski definition) is 3. The van der Waals surface area contributed by atoms with Gasteiger partial charge in [0.25, 0.3) is 0 Å². The molecule has 3 heteroatoms. The Morgan fingerprint density at radius 2 is 1.78 bits per heavy atom. The maximum atomic E-state index is 12.9. The quantitative estimate of drug-likeness (QED) is 0.483. The minimum atomic E-state index is -0.502. The van der Waals surface area contributed by atoms with Crippen LogP contribution >= 0.6 is 0 Å². The minimum Gasteiger partial charge on any atom is -0.425 e. The van der Waals surface area contributed by atoms with E-state index < -0.39 is 5.92 Å². The number of carbonyl (C=O) groups excluding carboxylic acids is 2. The molecule has 0 saturated carbocycles. The van der Waals surface area contributed by atoms with E-state index in [0.717, 1.165) is 21.9 Å². The zero-order valence-corrected chi connectivity index (χ0v) is 15.8. The van der Waals surface area contributed by atoms with E-state index in [-0.39, 0.29) is 24.1 Å². The van der Waals surface area contributed by atoms with Crippen molar-refractivity contribution >= 4 is 22.5 Å². The summed E-state index contributed by atoms with van der Waals surface area (Å²) in [5.41, 5.74) is 4.41. The number of hydrogen-bond donors (Lipinski definition) is 0. The molecule has 0 bridgehead atoms. The van der Waals surface area contributed by atoms with Crippen molar-refractivity contribution in [3.05, 3.63) is 76.9 Å². The molecule has 136 valence electrons. The summed E-state index contributed by atoms with van der Waals surface area (Å²) in [5.74, 6) is -0.388. The average molecular weight is 358 g/mol. The molecule has 1 aliphatic heterocycles. The molecule has 27 heavy (non-hydrogen) atoms. The van der Waals surface area contributed by atoms with E-state index >= 15 is 0 Å². The van der Waals surface area contributed by atoms with Crippen LogP contribution in [0.3, 0.4) is 0 Å². The Labute approximate surface area is 159 Å². The molecule has 1 aliphatic rings. The third kappa shape index (κ3) is 3.03. The lowest BCUT2D eigenvalue weighted by Gasteiger charge is -2.33. The van der Waals surface area contributed by atoms with Crippen LogP contribution in [0.2, 0.25) is 0 Å². The van der Waals surface area contributed by atoms with Gasteiger partial charge < -0.3 is 9.53 Å². The van der Waals surface area contributed by atoms with Gasteiger partial charge >= 0.3 is 5.97 Å². The highest BCUT2D eigenvalue weighted by atomic mass is 16.5. The van der Waals surface area contributed by atoms with Crippen LogP contribution in [0.4, 0.5) is 0 Å². The van der Waals surface area contributed by atoms with Gasteiger partial charge in [0.05, 0.1) is 5.92 Å². The number of carbonyl (C=O) groups is 2. The molecule has 0 fully saturated rings. The van der Waals surface area contributed by atoms with Gasteiger partial charge in [-0.05, 0) is 42.8 Å². The Bertz CT molecular complexity index is 1060. The van der Waals surface area contributed by atoms with Gasteiger partial charge in [-0.2, -0.15) is 0 Å². The van der Waals surface area contributed by atoms with Crippen molar-refractivity contribution in [2.45, 2.75) is 33.1 Å². The molecule has 0 N–H and O–H groups in total. The van der Waals surface area contributed by atoms with Crippen molar-refractivity contribution in [3.8, 4) is 5.75 Å². The molecular weight excluding hydrogens is 336 g/mol. The first kappa shape index (κ1) is 17.5. The predicted octanol–water partition coefficient (Wildman–Crippen LogP) is 5.10. The topological polar surface area (TPSA) is 43.4 Å². The first-order chi connectivity index (χ1) is 13.0. The summed E-state index contributed by atoms with van der Waals surface area (Å²) < 4.78 is 5.77. The summed E-state index contributed by atoms with van der Waals surface area (Å²) in [6.07, 6.45) is 0.183. The molecule has 3 aromatic rings. The van der Waals surface area contributed by atoms with Crippen LogP contribution < -0.4 is 4.74 Å². The first-order valence-electron chi connectivity index (χ1n) is 9.25. The summed E-state index contributed by atoms with van der Waals surface area (Å²) >= 11 is 0. The molecule has 4 rings (SSSR count). The monoisotopic (exact) mass is 358 g/mol. The second-order valence-electron chi connectivity index (χ2n) is 7.46. The fourth-order valence-electron chi connectivity index (χ4n) is 4.03. The number of esters is 1. The van der Waals surface area contributed by atoms with Gasteiger partial charge in [0, 0.05) is 23.3 Å². The molecule has 0 saturated heterocycles. The molecule has 0 radical (unpaired) electrons. The van der Waals surface area contributed by atoms with Crippen molar-refractivity contribution in [2.24, 2.45) is 5.92 Å². The standard InChI is InChI=1S/C24H22O3/c1-14-8-9-18(12-15(14)2)22-20-11-10-17-6-4-5-7-19(17)23(20)27-24(26)21(22)13-16(3)25/h4-12,21-22H,13H2,1-3H3/t21-,22-/m0/s1. The lowest BCUT2D eigenvalue weighted by molar-refractivity contribution is -0.142. The summed E-state index contributed by atoms with van der Waals surface area (Å²) in [4.78, 5) is 24.8. The van der Waals surface area contributed by atoms with Crippen LogP contribution in [-0.4, -0.2) is 11.8 Å². The highest BCUT2D eigenvalue weighted by molar-refractivity contribution is 5.95. The Hall–Kier alpha value is -2.94. The Morgan fingerprint density at radius 1 is 1.00 bits per heavy atom. The van der Waals surface area contributed by atoms with Crippen LogP contribution in [-0.2, 0) is 9.59 Å². The SMILES string of the molecule is CC(=O)C[C@@H]1C(=O)Oc2c(ccc3ccccc23)[C@@H]1c1ccc(C)c(C)c1. The number of Topliss-reactive ketones (excluding diaryl/α,β-unsaturated/α-hetero) is 1. The number of ether oxygens (including phenoxy) is 1. The highest BCUT2D eigenvalue weighted by Gasteiger charge is 2.40. The smallest absolute Gasteiger partial charge is 0.315 e. The number of fused-ring (bicyclic) bond motifs is 3. The molecule has 3 nitrogen and oxygen atoms in total. The van der Waals surface area contributed by atoms with Gasteiger partial charge in [-0.1, -0.05) is 54.6 Å². The van der Waals surface area contributed by atoms with Crippen LogP contribution in [0.15, 0.2) is 54.6 Å². The predicted molar refractivity (Wildman–Crippen MR) is 106 cm³/mol. The molecular formula is C24H22O3. The van der Waals surface area contributed by atoms with E-state index in [9.17, 15) is 9.59 Å². The zero-order valence-electron chi connectivity index (χ0n) is 15.8. The van der Waals surface area contributed by atoms with Gasteiger partial charge in [-0.25, -0.2) is 0 Å². The fraction of sp³-hybridized carbons (Fsp3) is 0.250. The number of aryl methyl sites for hydroxylation is 2. The zero-order chi connectivity index (χ0) is 19.1. The summed E-state index contributed by atoms with van der Waals surface area (Å²) in [6, 6.07) is 18.3. The van der Waals surface area contributed by atoms with Gasteiger partial charge in [-0.15, -0.1) is 0 Å². The van der Waals surface area contributed by atoms with Gasteiger partial charge in [-0.3, -0.25) is 4.79 Å². The van der Waals surface area contributed by atoms with Crippen LogP contribution in [0, 0.1) is 19.8 Å². The van der Waals surface area contributed by atoms with Gasteiger partial charge in [0.1, 0.15) is 11.5 Å². The van der Waals surface area contributed by atoms with Crippen molar-refractivity contribution in [2.75, 3.05) is 0 Å². The largest absolute Gasteiger partial charge is 0.425 e. The molecule has 0 unspecified atom stereocenters. The van der Waals surface area contributed by atoms with Gasteiger partial charge in [0.15, 0.2) is 0 Å². The Morgan fingerprint density at radius 3 is 2.52 bits per heavy atom. The van der Waals surface area contributed by atoms with Crippen LogP contribution in [0.5, 0.6) is 5.75 Å². The number of ketones is 1. The maximum Gasteiger partial charge on any atom is 0.315 e. The summed E-state index contributed by atoms with van der Waals surface area (Å²) in [6.45, 7) is 5.67. The fourth-order valence-corrected chi connectivity index (χ4v) is 4.03. The van der Waals surface area contributed by atoms with E-state index in [2.05, 4.69) is 38.1 Å². The molecule has 0 aromatic heterocycles. The number of rotatable bonds is 3. The van der Waals surface area contributed by atoms with Crippen molar-refractivity contribution in [1.82, 2.24) is 0 Å². The lowest BCUT2D eigenvalue weighted by atomic mass is 9.75. The molecule has 0 spiro atoms. The summed E-state index contributed by atoms with van der Waals surface area (Å²) in [5, 5.41) is 1.96. The second-order valence-corrected chi connectivity index (χ2v) is 7.46. The molecule has 2 atom stereocenters. The third-order valence-electron chi connectivity index (χ3n) is 5.55. The first-order valence-corrected chi connectivity index (χ1v) is 9.25. The van der Waals surface area contributed by atoms with Crippen LogP contribution in [0.1, 0.15) is 41.5 Å². The highest BCUT2D eigenvalue weighted by Crippen LogP contribution is 2.46. The Balaban J connectivity index is 1.96. The Kier molecular flexibility index (Phi) is 4.31. The van der Waals surface area contributed by atoms with Crippen molar-refractivity contribution in [1.29, 1.82) is 0 Å². The van der Waals surface area contributed by atoms with E-state index in [1.807, 2.05) is 30.3 Å². The van der Waals surface area contributed by atoms with E-state index in [1.165, 1.54) is 18.1 Å². The summed E-state index contributed by atoms with van der Waals surface area (Å²) in [7, 11) is 0. The van der Waals surface area contributed by atoms with E-state index in [1.54, 1.807) is 0 Å². The lowest BCUT2D eigenvalue weighted by Crippen LogP contribution is -2.33. The van der Waals surface area contributed by atoms with Crippen molar-refractivity contribution in [3.63, 3.8) is 0 Å². The average Bonchev–Trinajstić information content (AvgIpc) is 2.64. The van der Waals surface area contributed by atoms with Crippen molar-refractivity contribution < 1.29 is 14.3 Å². The van der Waals surface area contributed by atoms with Gasteiger partial charge in [0.2, 0.25) is 0 Å². The van der Waals surface area contributed by atoms with Crippen LogP contribution in [0.25, 0.3) is 10.8 Å². The van der Waals surface area contributed by atoms with E-state index in [0.29, 0.717) is 5.75 Å².